The molecule has 0 atom stereocenters. The van der Waals surface area contributed by atoms with Gasteiger partial charge in [0.2, 0.25) is 5.91 Å². The highest BCUT2D eigenvalue weighted by Gasteiger charge is 2.14. The molecule has 4 nitrogen and oxygen atoms in total. The first-order valence-electron chi connectivity index (χ1n) is 7.95. The summed E-state index contributed by atoms with van der Waals surface area (Å²) in [5.41, 5.74) is 4.56. The number of carbonyl (C=O) groups excluding carboxylic acids is 2. The molecular weight excluding hydrogens is 302 g/mol. The molecule has 0 saturated heterocycles. The quantitative estimate of drug-likeness (QED) is 0.809. The molecule has 0 aliphatic heterocycles. The van der Waals surface area contributed by atoms with Crippen molar-refractivity contribution in [3.8, 4) is 5.75 Å². The molecule has 0 unspecified atom stereocenters. The maximum Gasteiger partial charge on any atom is 0.224 e. The Morgan fingerprint density at radius 2 is 1.71 bits per heavy atom. The predicted molar refractivity (Wildman–Crippen MR) is 95.8 cm³/mol. The van der Waals surface area contributed by atoms with Crippen LogP contribution in [0.3, 0.4) is 0 Å². The topological polar surface area (TPSA) is 55.4 Å². The van der Waals surface area contributed by atoms with Gasteiger partial charge in [-0.3, -0.25) is 9.59 Å². The Labute approximate surface area is 142 Å². The monoisotopic (exact) mass is 325 g/mol. The molecule has 0 saturated carbocycles. The lowest BCUT2D eigenvalue weighted by molar-refractivity contribution is -0.116. The number of amides is 1. The van der Waals surface area contributed by atoms with Gasteiger partial charge in [0.15, 0.2) is 5.78 Å². The summed E-state index contributed by atoms with van der Waals surface area (Å²) in [7, 11) is 1.54. The van der Waals surface area contributed by atoms with E-state index in [9.17, 15) is 9.59 Å². The van der Waals surface area contributed by atoms with Gasteiger partial charge in [-0.2, -0.15) is 0 Å². The molecule has 0 radical (unpaired) electrons. The molecular formula is C20H23NO3. The number of nitrogens with one attached hydrogen (secondary N) is 1. The smallest absolute Gasteiger partial charge is 0.224 e. The second kappa shape index (κ2) is 7.77. The van der Waals surface area contributed by atoms with E-state index in [1.165, 1.54) is 12.7 Å². The predicted octanol–water partition coefficient (Wildman–Crippen LogP) is 4.22. The Morgan fingerprint density at radius 1 is 0.958 bits per heavy atom. The summed E-state index contributed by atoms with van der Waals surface area (Å²) in [5, 5.41) is 2.83. The maximum absolute atomic E-state index is 12.4. The van der Waals surface area contributed by atoms with Crippen LogP contribution in [0.15, 0.2) is 36.4 Å². The van der Waals surface area contributed by atoms with E-state index in [4.69, 9.17) is 4.74 Å². The second-order valence-corrected chi connectivity index (χ2v) is 5.97. The third kappa shape index (κ3) is 4.44. The highest BCUT2D eigenvalue weighted by molar-refractivity contribution is 6.01. The average Bonchev–Trinajstić information content (AvgIpc) is 2.56. The van der Waals surface area contributed by atoms with Crippen LogP contribution in [-0.4, -0.2) is 18.8 Å². The van der Waals surface area contributed by atoms with Crippen molar-refractivity contribution in [2.24, 2.45) is 0 Å². The molecule has 1 amide bonds. The van der Waals surface area contributed by atoms with Crippen molar-refractivity contribution in [3.63, 3.8) is 0 Å². The summed E-state index contributed by atoms with van der Waals surface area (Å²) in [5.74, 6) is 0.282. The zero-order chi connectivity index (χ0) is 17.7. The minimum atomic E-state index is -0.168. The van der Waals surface area contributed by atoms with Gasteiger partial charge in [-0.15, -0.1) is 0 Å². The summed E-state index contributed by atoms with van der Waals surface area (Å²) in [6.07, 6.45) is 0.291. The normalized spacial score (nSPS) is 10.3. The number of aryl methyl sites for hydroxylation is 3. The molecule has 2 rings (SSSR count). The molecule has 0 heterocycles. The van der Waals surface area contributed by atoms with Crippen LogP contribution in [0.4, 0.5) is 5.69 Å². The van der Waals surface area contributed by atoms with Crippen LogP contribution in [0.2, 0.25) is 0 Å². The van der Waals surface area contributed by atoms with Gasteiger partial charge in [-0.05, 0) is 56.2 Å². The van der Waals surface area contributed by atoms with E-state index >= 15 is 0 Å². The van der Waals surface area contributed by atoms with Crippen molar-refractivity contribution in [2.45, 2.75) is 33.6 Å². The average molecular weight is 325 g/mol. The molecule has 0 spiro atoms. The van der Waals surface area contributed by atoms with Crippen LogP contribution in [0.5, 0.6) is 5.75 Å². The number of carbonyl (C=O) groups is 2. The number of anilines is 1. The molecule has 0 aromatic heterocycles. The van der Waals surface area contributed by atoms with Gasteiger partial charge in [-0.25, -0.2) is 0 Å². The SMILES string of the molecule is COc1ccc(C)cc1C(=O)CCC(=O)Nc1ccc(C)c(C)c1. The van der Waals surface area contributed by atoms with Crippen molar-refractivity contribution in [2.75, 3.05) is 12.4 Å². The molecule has 126 valence electrons. The van der Waals surface area contributed by atoms with Gasteiger partial charge >= 0.3 is 0 Å². The van der Waals surface area contributed by atoms with Crippen LogP contribution in [0, 0.1) is 20.8 Å². The lowest BCUT2D eigenvalue weighted by atomic mass is 10.0. The van der Waals surface area contributed by atoms with Gasteiger partial charge in [-0.1, -0.05) is 17.7 Å². The lowest BCUT2D eigenvalue weighted by Crippen LogP contribution is -2.14. The van der Waals surface area contributed by atoms with Crippen LogP contribution >= 0.6 is 0 Å². The maximum atomic E-state index is 12.4. The Hall–Kier alpha value is -2.62. The number of hydrogen-bond acceptors (Lipinski definition) is 3. The van der Waals surface area contributed by atoms with E-state index in [1.807, 2.05) is 45.0 Å². The Bertz CT molecular complexity index is 765. The number of methoxy groups -OCH3 is 1. The lowest BCUT2D eigenvalue weighted by Gasteiger charge is -2.09. The molecule has 2 aromatic rings. The van der Waals surface area contributed by atoms with E-state index in [-0.39, 0.29) is 24.5 Å². The first-order chi connectivity index (χ1) is 11.4. The first-order valence-corrected chi connectivity index (χ1v) is 7.95. The summed E-state index contributed by atoms with van der Waals surface area (Å²) < 4.78 is 5.23. The van der Waals surface area contributed by atoms with Gasteiger partial charge in [0.1, 0.15) is 5.75 Å². The molecule has 1 N–H and O–H groups in total. The first kappa shape index (κ1) is 17.7. The minimum absolute atomic E-state index is 0.0919. The fraction of sp³-hybridized carbons (Fsp3) is 0.300. The molecule has 0 bridgehead atoms. The van der Waals surface area contributed by atoms with E-state index in [0.29, 0.717) is 11.3 Å². The van der Waals surface area contributed by atoms with Gasteiger partial charge in [0.05, 0.1) is 12.7 Å². The van der Waals surface area contributed by atoms with Gasteiger partial charge in [0, 0.05) is 18.5 Å². The van der Waals surface area contributed by atoms with E-state index in [0.717, 1.165) is 16.8 Å². The third-order valence-corrected chi connectivity index (χ3v) is 4.03. The van der Waals surface area contributed by atoms with Crippen molar-refractivity contribution < 1.29 is 14.3 Å². The number of benzene rings is 2. The molecule has 0 aliphatic rings. The van der Waals surface area contributed by atoms with E-state index < -0.39 is 0 Å². The molecule has 24 heavy (non-hydrogen) atoms. The second-order valence-electron chi connectivity index (χ2n) is 5.97. The third-order valence-electron chi connectivity index (χ3n) is 4.03. The van der Waals surface area contributed by atoms with Crippen molar-refractivity contribution in [1.29, 1.82) is 0 Å². The molecule has 0 aliphatic carbocycles. The highest BCUT2D eigenvalue weighted by Crippen LogP contribution is 2.22. The summed E-state index contributed by atoms with van der Waals surface area (Å²) in [6.45, 7) is 5.94. The number of hydrogen-bond donors (Lipinski definition) is 1. The van der Waals surface area contributed by atoms with Gasteiger partial charge in [0.25, 0.3) is 0 Å². The number of ketones is 1. The summed E-state index contributed by atoms with van der Waals surface area (Å²) in [4.78, 5) is 24.4. The van der Waals surface area contributed by atoms with Crippen LogP contribution in [-0.2, 0) is 4.79 Å². The fourth-order valence-corrected chi connectivity index (χ4v) is 2.44. The highest BCUT2D eigenvalue weighted by atomic mass is 16.5. The Kier molecular flexibility index (Phi) is 5.74. The zero-order valence-electron chi connectivity index (χ0n) is 14.6. The van der Waals surface area contributed by atoms with E-state index in [1.54, 1.807) is 12.1 Å². The number of rotatable bonds is 6. The largest absolute Gasteiger partial charge is 0.496 e. The molecule has 0 fully saturated rings. The minimum Gasteiger partial charge on any atom is -0.496 e. The number of Topliss-reactive ketones (excluding diaryl/α,β-unsaturated/α-hetero) is 1. The number of ether oxygens (including phenoxy) is 1. The summed E-state index contributed by atoms with van der Waals surface area (Å²) in [6, 6.07) is 11.2. The Balaban J connectivity index is 1.97. The standard InChI is InChI=1S/C20H23NO3/c1-13-5-9-19(24-4)17(11-13)18(22)8-10-20(23)21-16-7-6-14(2)15(3)12-16/h5-7,9,11-12H,8,10H2,1-4H3,(H,21,23). The van der Waals surface area contributed by atoms with Crippen molar-refractivity contribution in [1.82, 2.24) is 0 Å². The molecule has 2 aromatic carbocycles. The Morgan fingerprint density at radius 3 is 2.38 bits per heavy atom. The summed E-state index contributed by atoms with van der Waals surface area (Å²) >= 11 is 0. The molecule has 4 heteroatoms. The van der Waals surface area contributed by atoms with Gasteiger partial charge < -0.3 is 10.1 Å². The van der Waals surface area contributed by atoms with E-state index in [2.05, 4.69) is 5.32 Å². The van der Waals surface area contributed by atoms with Crippen molar-refractivity contribution in [3.05, 3.63) is 58.7 Å². The van der Waals surface area contributed by atoms with Crippen LogP contribution < -0.4 is 10.1 Å². The van der Waals surface area contributed by atoms with Crippen LogP contribution in [0.1, 0.15) is 39.9 Å². The van der Waals surface area contributed by atoms with Crippen molar-refractivity contribution >= 4 is 17.4 Å². The fourth-order valence-electron chi connectivity index (χ4n) is 2.44. The zero-order valence-corrected chi connectivity index (χ0v) is 14.6. The van der Waals surface area contributed by atoms with Crippen LogP contribution in [0.25, 0.3) is 0 Å².